The second-order valence-corrected chi connectivity index (χ2v) is 8.10. The Hall–Kier alpha value is -1.37. The van der Waals surface area contributed by atoms with E-state index in [4.69, 9.17) is 0 Å². The van der Waals surface area contributed by atoms with Crippen LogP contribution >= 0.6 is 0 Å². The van der Waals surface area contributed by atoms with E-state index in [2.05, 4.69) is 10.2 Å². The van der Waals surface area contributed by atoms with Crippen molar-refractivity contribution in [2.45, 2.75) is 33.1 Å². The molecule has 1 fully saturated rings. The maximum atomic E-state index is 12.2. The maximum Gasteiger partial charge on any atom is 0.226 e. The fourth-order valence-electron chi connectivity index (χ4n) is 2.85. The molecule has 0 spiro atoms. The number of aryl methyl sites for hydroxylation is 2. The summed E-state index contributed by atoms with van der Waals surface area (Å²) < 4.78 is 22.9. The van der Waals surface area contributed by atoms with Crippen molar-refractivity contribution in [3.05, 3.63) is 17.0 Å². The van der Waals surface area contributed by atoms with Gasteiger partial charge in [-0.05, 0) is 38.7 Å². The lowest BCUT2D eigenvalue weighted by molar-refractivity contribution is -0.133. The van der Waals surface area contributed by atoms with Crippen molar-refractivity contribution in [3.63, 3.8) is 0 Å². The molecule has 1 aliphatic heterocycles. The molecule has 0 aromatic carbocycles. The van der Waals surface area contributed by atoms with Crippen LogP contribution < -0.4 is 0 Å². The zero-order chi connectivity index (χ0) is 15.6. The number of H-pyrrole nitrogens is 1. The van der Waals surface area contributed by atoms with E-state index in [0.29, 0.717) is 13.0 Å². The molecule has 6 nitrogen and oxygen atoms in total. The van der Waals surface area contributed by atoms with E-state index < -0.39 is 9.84 Å². The zero-order valence-corrected chi connectivity index (χ0v) is 13.7. The first-order valence-corrected chi connectivity index (χ1v) is 9.08. The van der Waals surface area contributed by atoms with Crippen molar-refractivity contribution < 1.29 is 13.2 Å². The largest absolute Gasteiger partial charge is 0.345 e. The molecular weight excluding hydrogens is 290 g/mol. The van der Waals surface area contributed by atoms with E-state index in [0.717, 1.165) is 24.2 Å². The van der Waals surface area contributed by atoms with Gasteiger partial charge in [0, 0.05) is 19.3 Å². The monoisotopic (exact) mass is 313 g/mol. The van der Waals surface area contributed by atoms with Gasteiger partial charge in [-0.3, -0.25) is 9.89 Å². The Morgan fingerprint density at radius 3 is 2.67 bits per heavy atom. The Morgan fingerprint density at radius 1 is 1.43 bits per heavy atom. The van der Waals surface area contributed by atoms with Crippen LogP contribution in [0.5, 0.6) is 0 Å². The van der Waals surface area contributed by atoms with Crippen molar-refractivity contribution in [1.29, 1.82) is 0 Å². The highest BCUT2D eigenvalue weighted by Gasteiger charge is 2.34. The molecule has 1 N–H and O–H groups in total. The smallest absolute Gasteiger partial charge is 0.226 e. The molecule has 0 radical (unpaired) electrons. The van der Waals surface area contributed by atoms with Crippen LogP contribution in [0.1, 0.15) is 29.8 Å². The van der Waals surface area contributed by atoms with Crippen LogP contribution in [0.3, 0.4) is 0 Å². The van der Waals surface area contributed by atoms with Crippen LogP contribution in [-0.4, -0.2) is 54.5 Å². The number of carbonyl (C=O) groups is 1. The Morgan fingerprint density at radius 2 is 2.14 bits per heavy atom. The average Bonchev–Trinajstić information content (AvgIpc) is 2.93. The molecule has 7 heteroatoms. The average molecular weight is 313 g/mol. The van der Waals surface area contributed by atoms with Crippen LogP contribution in [0.2, 0.25) is 0 Å². The second kappa shape index (κ2) is 6.17. The molecule has 0 bridgehead atoms. The highest BCUT2D eigenvalue weighted by Crippen LogP contribution is 2.20. The van der Waals surface area contributed by atoms with E-state index in [9.17, 15) is 13.2 Å². The molecule has 1 atom stereocenters. The number of hydrogen-bond donors (Lipinski definition) is 1. The van der Waals surface area contributed by atoms with Crippen LogP contribution in [0.4, 0.5) is 0 Å². The number of rotatable bonds is 5. The molecule has 118 valence electrons. The molecule has 0 aliphatic carbocycles. The third kappa shape index (κ3) is 3.84. The van der Waals surface area contributed by atoms with E-state index in [1.165, 1.54) is 5.56 Å². The minimum absolute atomic E-state index is 0.0100. The van der Waals surface area contributed by atoms with Gasteiger partial charge < -0.3 is 4.90 Å². The number of amides is 1. The third-order valence-electron chi connectivity index (χ3n) is 4.16. The fourth-order valence-corrected chi connectivity index (χ4v) is 4.58. The fraction of sp³-hybridized carbons (Fsp3) is 0.714. The van der Waals surface area contributed by atoms with E-state index in [-0.39, 0.29) is 23.3 Å². The van der Waals surface area contributed by atoms with Gasteiger partial charge in [0.05, 0.1) is 23.1 Å². The van der Waals surface area contributed by atoms with Gasteiger partial charge in [-0.15, -0.1) is 0 Å². The second-order valence-electron chi connectivity index (χ2n) is 5.88. The van der Waals surface area contributed by atoms with Crippen molar-refractivity contribution >= 4 is 15.7 Å². The predicted molar refractivity (Wildman–Crippen MR) is 80.8 cm³/mol. The lowest BCUT2D eigenvalue weighted by atomic mass is 10.1. The van der Waals surface area contributed by atoms with Crippen molar-refractivity contribution in [3.8, 4) is 0 Å². The lowest BCUT2D eigenvalue weighted by Gasteiger charge is -2.20. The summed E-state index contributed by atoms with van der Waals surface area (Å²) in [5, 5.41) is 7.11. The molecule has 0 saturated carbocycles. The van der Waals surface area contributed by atoms with Crippen LogP contribution in [0.15, 0.2) is 0 Å². The van der Waals surface area contributed by atoms with E-state index in [1.54, 1.807) is 11.9 Å². The van der Waals surface area contributed by atoms with Crippen molar-refractivity contribution in [1.82, 2.24) is 15.1 Å². The Kier molecular flexibility index (Phi) is 4.70. The Bertz CT molecular complexity index is 602. The third-order valence-corrected chi connectivity index (χ3v) is 5.93. The quantitative estimate of drug-likeness (QED) is 0.873. The first kappa shape index (κ1) is 16.0. The van der Waals surface area contributed by atoms with Crippen LogP contribution in [-0.2, 0) is 21.1 Å². The predicted octanol–water partition coefficient (Wildman–Crippen LogP) is 0.852. The molecule has 1 aromatic heterocycles. The van der Waals surface area contributed by atoms with Crippen LogP contribution in [0, 0.1) is 19.8 Å². The van der Waals surface area contributed by atoms with E-state index >= 15 is 0 Å². The first-order chi connectivity index (χ1) is 9.80. The standard InChI is InChI=1S/C14H23N3O3S/c1-10-13(11(2)16-15-10)5-4-7-17(3)14(18)12-6-8-21(19,20)9-12/h12H,4-9H2,1-3H3,(H,15,16)/t12-/m1/s1. The molecule has 21 heavy (non-hydrogen) atoms. The van der Waals surface area contributed by atoms with Gasteiger partial charge >= 0.3 is 0 Å². The molecule has 0 unspecified atom stereocenters. The maximum absolute atomic E-state index is 12.2. The van der Waals surface area contributed by atoms with E-state index in [1.807, 2.05) is 13.8 Å². The summed E-state index contributed by atoms with van der Waals surface area (Å²) in [5.74, 6) is -0.241. The molecule has 1 aromatic rings. The summed E-state index contributed by atoms with van der Waals surface area (Å²) in [7, 11) is -1.25. The normalized spacial score (nSPS) is 20.6. The number of carbonyl (C=O) groups excluding carboxylic acids is 1. The van der Waals surface area contributed by atoms with Crippen molar-refractivity contribution in [2.75, 3.05) is 25.1 Å². The van der Waals surface area contributed by atoms with Gasteiger partial charge in [-0.1, -0.05) is 0 Å². The summed E-state index contributed by atoms with van der Waals surface area (Å²) in [4.78, 5) is 13.9. The highest BCUT2D eigenvalue weighted by molar-refractivity contribution is 7.91. The Labute approximate surface area is 125 Å². The van der Waals surface area contributed by atoms with Gasteiger partial charge in [0.25, 0.3) is 0 Å². The summed E-state index contributed by atoms with van der Waals surface area (Å²) >= 11 is 0. The SMILES string of the molecule is Cc1n[nH]c(C)c1CCCN(C)C(=O)[C@@H]1CCS(=O)(=O)C1. The molecule has 1 amide bonds. The minimum atomic E-state index is -3.00. The van der Waals surface area contributed by atoms with Gasteiger partial charge in [0.2, 0.25) is 5.91 Å². The lowest BCUT2D eigenvalue weighted by Crippen LogP contribution is -2.34. The zero-order valence-electron chi connectivity index (χ0n) is 12.8. The van der Waals surface area contributed by atoms with Gasteiger partial charge in [-0.25, -0.2) is 8.42 Å². The molecule has 2 heterocycles. The van der Waals surface area contributed by atoms with Gasteiger partial charge in [-0.2, -0.15) is 5.10 Å². The molecule has 2 rings (SSSR count). The number of sulfone groups is 1. The van der Waals surface area contributed by atoms with Gasteiger partial charge in [0.1, 0.15) is 0 Å². The first-order valence-electron chi connectivity index (χ1n) is 7.26. The summed E-state index contributed by atoms with van der Waals surface area (Å²) in [6.45, 7) is 4.60. The number of aromatic amines is 1. The topological polar surface area (TPSA) is 83.1 Å². The minimum Gasteiger partial charge on any atom is -0.345 e. The highest BCUT2D eigenvalue weighted by atomic mass is 32.2. The van der Waals surface area contributed by atoms with Crippen molar-refractivity contribution in [2.24, 2.45) is 5.92 Å². The molecule has 1 saturated heterocycles. The number of hydrogen-bond acceptors (Lipinski definition) is 4. The number of nitrogens with zero attached hydrogens (tertiary/aromatic N) is 2. The van der Waals surface area contributed by atoms with Gasteiger partial charge in [0.15, 0.2) is 9.84 Å². The molecular formula is C14H23N3O3S. The summed E-state index contributed by atoms with van der Waals surface area (Å²) in [5.41, 5.74) is 3.28. The number of aromatic nitrogens is 2. The molecule has 1 aliphatic rings. The Balaban J connectivity index is 1.82. The number of nitrogens with one attached hydrogen (secondary N) is 1. The summed E-state index contributed by atoms with van der Waals surface area (Å²) in [6, 6.07) is 0. The van der Waals surface area contributed by atoms with Crippen LogP contribution in [0.25, 0.3) is 0 Å². The summed E-state index contributed by atoms with van der Waals surface area (Å²) in [6.07, 6.45) is 2.18.